The Morgan fingerprint density at radius 3 is 2.95 bits per heavy atom. The van der Waals surface area contributed by atoms with Crippen LogP contribution in [0.3, 0.4) is 0 Å². The van der Waals surface area contributed by atoms with Gasteiger partial charge in [0.05, 0.1) is 0 Å². The van der Waals surface area contributed by atoms with Gasteiger partial charge in [0.1, 0.15) is 0 Å². The molecule has 1 aliphatic carbocycles. The Bertz CT molecular complexity index is 489. The van der Waals surface area contributed by atoms with Crippen LogP contribution in [-0.2, 0) is 6.42 Å². The van der Waals surface area contributed by atoms with E-state index in [9.17, 15) is 4.79 Å². The zero-order valence-corrected chi connectivity index (χ0v) is 12.1. The maximum absolute atomic E-state index is 12.0. The largest absolute Gasteiger partial charge is 0.344 e. The number of likely N-dealkylation sites (N-methyl/N-ethyl adjacent to an activating group) is 1. The molecule has 0 N–H and O–H groups in total. The molecule has 2 heterocycles. The summed E-state index contributed by atoms with van der Waals surface area (Å²) >= 11 is 0. The third-order valence-electron chi connectivity index (χ3n) is 4.75. The maximum Gasteiger partial charge on any atom is 0.164 e. The van der Waals surface area contributed by atoms with Crippen LogP contribution in [-0.4, -0.2) is 34.9 Å². The zero-order valence-electron chi connectivity index (χ0n) is 12.1. The first-order valence-corrected chi connectivity index (χ1v) is 7.67. The summed E-state index contributed by atoms with van der Waals surface area (Å²) in [6.07, 6.45) is 5.38. The van der Waals surface area contributed by atoms with Gasteiger partial charge >= 0.3 is 0 Å². The molecule has 0 bridgehead atoms. The van der Waals surface area contributed by atoms with Gasteiger partial charge < -0.3 is 9.47 Å². The molecule has 1 aliphatic heterocycles. The molecule has 104 valence electrons. The lowest BCUT2D eigenvalue weighted by Crippen LogP contribution is -2.37. The second-order valence-corrected chi connectivity index (χ2v) is 5.98. The molecule has 3 heteroatoms. The standard InChI is InChI=1S/C16H24N2O/c1-3-17-9-5-6-13(11-17)18-12(2)10-14-15(18)7-4-8-16(14)19/h10,13H,3-9,11H2,1-2H3. The summed E-state index contributed by atoms with van der Waals surface area (Å²) < 4.78 is 2.48. The molecule has 1 saturated heterocycles. The zero-order chi connectivity index (χ0) is 13.4. The predicted octanol–water partition coefficient (Wildman–Crippen LogP) is 2.97. The number of fused-ring (bicyclic) bond motifs is 1. The minimum atomic E-state index is 0.353. The molecule has 1 fully saturated rings. The second-order valence-electron chi connectivity index (χ2n) is 5.98. The molecule has 2 aliphatic rings. The van der Waals surface area contributed by atoms with E-state index in [1.165, 1.54) is 30.8 Å². The lowest BCUT2D eigenvalue weighted by Gasteiger charge is -2.35. The number of carbonyl (C=O) groups is 1. The second kappa shape index (κ2) is 5.12. The van der Waals surface area contributed by atoms with Crippen molar-refractivity contribution in [3.8, 4) is 0 Å². The summed E-state index contributed by atoms with van der Waals surface area (Å²) in [7, 11) is 0. The predicted molar refractivity (Wildman–Crippen MR) is 76.8 cm³/mol. The van der Waals surface area contributed by atoms with E-state index in [1.54, 1.807) is 0 Å². The highest BCUT2D eigenvalue weighted by Gasteiger charge is 2.28. The van der Waals surface area contributed by atoms with Crippen LogP contribution in [0.4, 0.5) is 0 Å². The minimum absolute atomic E-state index is 0.353. The molecular formula is C16H24N2O. The fourth-order valence-corrected chi connectivity index (χ4v) is 3.79. The lowest BCUT2D eigenvalue weighted by molar-refractivity contribution is 0.0970. The number of ketones is 1. The molecule has 3 rings (SSSR count). The van der Waals surface area contributed by atoms with E-state index in [0.29, 0.717) is 11.8 Å². The van der Waals surface area contributed by atoms with Crippen molar-refractivity contribution in [2.24, 2.45) is 0 Å². The number of Topliss-reactive ketones (excluding diaryl/α,β-unsaturated/α-hetero) is 1. The monoisotopic (exact) mass is 260 g/mol. The van der Waals surface area contributed by atoms with Crippen LogP contribution in [0.15, 0.2) is 6.07 Å². The summed E-state index contributed by atoms with van der Waals surface area (Å²) in [5.41, 5.74) is 3.61. The average molecular weight is 260 g/mol. The number of aryl methyl sites for hydroxylation is 1. The number of carbonyl (C=O) groups excluding carboxylic acids is 1. The molecule has 0 amide bonds. The summed E-state index contributed by atoms with van der Waals surface area (Å²) in [5, 5.41) is 0. The van der Waals surface area contributed by atoms with Gasteiger partial charge in [0.25, 0.3) is 0 Å². The molecule has 1 aromatic rings. The van der Waals surface area contributed by atoms with E-state index < -0.39 is 0 Å². The maximum atomic E-state index is 12.0. The summed E-state index contributed by atoms with van der Waals surface area (Å²) in [6, 6.07) is 2.70. The van der Waals surface area contributed by atoms with Crippen LogP contribution in [0.25, 0.3) is 0 Å². The van der Waals surface area contributed by atoms with Crippen molar-refractivity contribution in [1.82, 2.24) is 9.47 Å². The molecule has 0 radical (unpaired) electrons. The Morgan fingerprint density at radius 1 is 1.32 bits per heavy atom. The van der Waals surface area contributed by atoms with Gasteiger partial charge in [0.15, 0.2) is 5.78 Å². The van der Waals surface area contributed by atoms with Gasteiger partial charge in [-0.1, -0.05) is 6.92 Å². The number of rotatable bonds is 2. The highest BCUT2D eigenvalue weighted by molar-refractivity contribution is 5.98. The molecule has 19 heavy (non-hydrogen) atoms. The average Bonchev–Trinajstić information content (AvgIpc) is 2.77. The lowest BCUT2D eigenvalue weighted by atomic mass is 9.96. The number of piperidine rings is 1. The minimum Gasteiger partial charge on any atom is -0.344 e. The highest BCUT2D eigenvalue weighted by Crippen LogP contribution is 2.31. The van der Waals surface area contributed by atoms with Crippen LogP contribution >= 0.6 is 0 Å². The van der Waals surface area contributed by atoms with E-state index in [2.05, 4.69) is 29.4 Å². The Morgan fingerprint density at radius 2 is 2.16 bits per heavy atom. The number of hydrogen-bond acceptors (Lipinski definition) is 2. The van der Waals surface area contributed by atoms with E-state index >= 15 is 0 Å². The van der Waals surface area contributed by atoms with Gasteiger partial charge in [0.2, 0.25) is 0 Å². The number of hydrogen-bond donors (Lipinski definition) is 0. The molecule has 0 aromatic carbocycles. The Hall–Kier alpha value is -1.09. The van der Waals surface area contributed by atoms with Crippen molar-refractivity contribution in [1.29, 1.82) is 0 Å². The summed E-state index contributed by atoms with van der Waals surface area (Å²) in [5.74, 6) is 0.353. The highest BCUT2D eigenvalue weighted by atomic mass is 16.1. The molecule has 1 aromatic heterocycles. The first-order valence-electron chi connectivity index (χ1n) is 7.67. The van der Waals surface area contributed by atoms with E-state index in [0.717, 1.165) is 37.9 Å². The smallest absolute Gasteiger partial charge is 0.164 e. The SMILES string of the molecule is CCN1CCCC(n2c(C)cc3c2CCCC3=O)C1. The van der Waals surface area contributed by atoms with Crippen LogP contribution in [0.1, 0.15) is 60.4 Å². The summed E-state index contributed by atoms with van der Waals surface area (Å²) in [6.45, 7) is 7.92. The fourth-order valence-electron chi connectivity index (χ4n) is 3.79. The van der Waals surface area contributed by atoms with Crippen LogP contribution < -0.4 is 0 Å². The van der Waals surface area contributed by atoms with E-state index in [-0.39, 0.29) is 0 Å². The topological polar surface area (TPSA) is 25.2 Å². The first kappa shape index (κ1) is 12.9. The van der Waals surface area contributed by atoms with Crippen molar-refractivity contribution in [2.75, 3.05) is 19.6 Å². The number of aromatic nitrogens is 1. The van der Waals surface area contributed by atoms with Crippen LogP contribution in [0, 0.1) is 6.92 Å². The van der Waals surface area contributed by atoms with Crippen molar-refractivity contribution in [2.45, 2.75) is 52.0 Å². The normalized spacial score (nSPS) is 24.5. The number of nitrogens with zero attached hydrogens (tertiary/aromatic N) is 2. The van der Waals surface area contributed by atoms with Crippen molar-refractivity contribution in [3.63, 3.8) is 0 Å². The quantitative estimate of drug-likeness (QED) is 0.817. The van der Waals surface area contributed by atoms with Crippen molar-refractivity contribution < 1.29 is 4.79 Å². The van der Waals surface area contributed by atoms with Crippen LogP contribution in [0.5, 0.6) is 0 Å². The third kappa shape index (κ3) is 2.25. The Kier molecular flexibility index (Phi) is 3.48. The van der Waals surface area contributed by atoms with Gasteiger partial charge in [-0.05, 0) is 51.8 Å². The van der Waals surface area contributed by atoms with E-state index in [1.807, 2.05) is 0 Å². The van der Waals surface area contributed by atoms with Crippen molar-refractivity contribution >= 4 is 5.78 Å². The molecule has 0 saturated carbocycles. The van der Waals surface area contributed by atoms with Gasteiger partial charge in [-0.15, -0.1) is 0 Å². The molecule has 1 unspecified atom stereocenters. The van der Waals surface area contributed by atoms with Gasteiger partial charge in [-0.3, -0.25) is 4.79 Å². The van der Waals surface area contributed by atoms with Gasteiger partial charge in [0, 0.05) is 36.0 Å². The van der Waals surface area contributed by atoms with Gasteiger partial charge in [-0.25, -0.2) is 0 Å². The number of likely N-dealkylation sites (tertiary alicyclic amines) is 1. The molecule has 3 nitrogen and oxygen atoms in total. The Labute approximate surface area is 115 Å². The molecule has 0 spiro atoms. The van der Waals surface area contributed by atoms with Gasteiger partial charge in [-0.2, -0.15) is 0 Å². The van der Waals surface area contributed by atoms with Crippen LogP contribution in [0.2, 0.25) is 0 Å². The molecular weight excluding hydrogens is 236 g/mol. The molecule has 1 atom stereocenters. The first-order chi connectivity index (χ1) is 9.20. The summed E-state index contributed by atoms with van der Waals surface area (Å²) in [4.78, 5) is 14.6. The fraction of sp³-hybridized carbons (Fsp3) is 0.688. The van der Waals surface area contributed by atoms with E-state index in [4.69, 9.17) is 0 Å². The third-order valence-corrected chi connectivity index (χ3v) is 4.75. The van der Waals surface area contributed by atoms with Crippen molar-refractivity contribution in [3.05, 3.63) is 23.0 Å². The Balaban J connectivity index is 1.94.